The Hall–Kier alpha value is -2.05. The number of hydrogen-bond donors (Lipinski definition) is 4. The molecule has 0 saturated heterocycles. The standard InChI is InChI=1S/C6H10N6O/c1-8-4-2-9-3-10-5(4)11-12-6(7)13/h2-3,8H,1H3,(H3,7,12,13)(H,9,10,11). The maximum Gasteiger partial charge on any atom is 0.330 e. The molecule has 0 atom stereocenters. The summed E-state index contributed by atoms with van der Waals surface area (Å²) in [5.74, 6) is 0.455. The Bertz CT molecular complexity index is 301. The molecule has 0 spiro atoms. The van der Waals surface area contributed by atoms with Crippen LogP contribution >= 0.6 is 0 Å². The molecule has 1 aromatic heterocycles. The number of anilines is 2. The number of nitrogens with two attached hydrogens (primary N) is 1. The Morgan fingerprint density at radius 1 is 1.62 bits per heavy atom. The van der Waals surface area contributed by atoms with Gasteiger partial charge in [0.05, 0.1) is 11.9 Å². The summed E-state index contributed by atoms with van der Waals surface area (Å²) in [6, 6.07) is -0.680. The molecule has 2 amide bonds. The highest BCUT2D eigenvalue weighted by Gasteiger charge is 2.00. The summed E-state index contributed by atoms with van der Waals surface area (Å²) >= 11 is 0. The van der Waals surface area contributed by atoms with Crippen molar-refractivity contribution in [1.29, 1.82) is 0 Å². The molecular weight excluding hydrogens is 172 g/mol. The molecule has 5 N–H and O–H groups in total. The predicted molar refractivity (Wildman–Crippen MR) is 47.9 cm³/mol. The summed E-state index contributed by atoms with van der Waals surface area (Å²) in [6.45, 7) is 0. The molecule has 0 aromatic carbocycles. The van der Waals surface area contributed by atoms with Crippen LogP contribution in [0.5, 0.6) is 0 Å². The summed E-state index contributed by atoms with van der Waals surface area (Å²) < 4.78 is 0. The maximum atomic E-state index is 10.4. The molecule has 0 aliphatic heterocycles. The van der Waals surface area contributed by atoms with Crippen LogP contribution in [-0.2, 0) is 0 Å². The van der Waals surface area contributed by atoms with E-state index in [0.717, 1.165) is 0 Å². The van der Waals surface area contributed by atoms with Gasteiger partial charge in [-0.2, -0.15) is 0 Å². The van der Waals surface area contributed by atoms with Gasteiger partial charge in [0.1, 0.15) is 6.33 Å². The second-order valence-electron chi connectivity index (χ2n) is 2.15. The number of nitrogens with zero attached hydrogens (tertiary/aromatic N) is 2. The quantitative estimate of drug-likeness (QED) is 0.472. The first-order valence-corrected chi connectivity index (χ1v) is 3.53. The van der Waals surface area contributed by atoms with Gasteiger partial charge in [0.2, 0.25) is 0 Å². The number of amides is 2. The van der Waals surface area contributed by atoms with Gasteiger partial charge in [0, 0.05) is 7.05 Å². The molecule has 7 nitrogen and oxygen atoms in total. The van der Waals surface area contributed by atoms with Gasteiger partial charge >= 0.3 is 6.03 Å². The average molecular weight is 182 g/mol. The molecule has 0 bridgehead atoms. The molecule has 0 aliphatic rings. The van der Waals surface area contributed by atoms with E-state index in [-0.39, 0.29) is 0 Å². The van der Waals surface area contributed by atoms with E-state index in [9.17, 15) is 4.79 Å². The van der Waals surface area contributed by atoms with Crippen molar-refractivity contribution in [2.75, 3.05) is 17.8 Å². The van der Waals surface area contributed by atoms with Crippen molar-refractivity contribution in [1.82, 2.24) is 15.4 Å². The van der Waals surface area contributed by atoms with Crippen LogP contribution in [0.2, 0.25) is 0 Å². The number of urea groups is 1. The van der Waals surface area contributed by atoms with Gasteiger partial charge in [-0.1, -0.05) is 0 Å². The molecule has 70 valence electrons. The van der Waals surface area contributed by atoms with Gasteiger partial charge in [-0.05, 0) is 0 Å². The second kappa shape index (κ2) is 4.10. The predicted octanol–water partition coefficient (Wildman–Crippen LogP) is -0.487. The lowest BCUT2D eigenvalue weighted by Crippen LogP contribution is -2.34. The molecule has 0 radical (unpaired) electrons. The van der Waals surface area contributed by atoms with Crippen LogP contribution in [0.1, 0.15) is 0 Å². The van der Waals surface area contributed by atoms with Gasteiger partial charge in [0.25, 0.3) is 0 Å². The Kier molecular flexibility index (Phi) is 2.85. The smallest absolute Gasteiger partial charge is 0.330 e. The summed E-state index contributed by atoms with van der Waals surface area (Å²) in [5, 5.41) is 2.84. The van der Waals surface area contributed by atoms with Crippen LogP contribution in [0.25, 0.3) is 0 Å². The van der Waals surface area contributed by atoms with Crippen molar-refractivity contribution in [3.05, 3.63) is 12.5 Å². The van der Waals surface area contributed by atoms with Gasteiger partial charge < -0.3 is 11.1 Å². The number of rotatable bonds is 3. The highest BCUT2D eigenvalue weighted by molar-refractivity contribution is 5.74. The van der Waals surface area contributed by atoms with E-state index in [1.807, 2.05) is 0 Å². The molecule has 0 aliphatic carbocycles. The van der Waals surface area contributed by atoms with Crippen molar-refractivity contribution in [2.24, 2.45) is 5.73 Å². The molecule has 1 aromatic rings. The van der Waals surface area contributed by atoms with E-state index < -0.39 is 6.03 Å². The fraction of sp³-hybridized carbons (Fsp3) is 0.167. The normalized spacial score (nSPS) is 9.00. The van der Waals surface area contributed by atoms with E-state index in [1.54, 1.807) is 13.2 Å². The highest BCUT2D eigenvalue weighted by atomic mass is 16.2. The lowest BCUT2D eigenvalue weighted by atomic mass is 10.5. The van der Waals surface area contributed by atoms with Gasteiger partial charge in [-0.15, -0.1) is 0 Å². The van der Waals surface area contributed by atoms with E-state index in [0.29, 0.717) is 11.5 Å². The fourth-order valence-corrected chi connectivity index (χ4v) is 0.733. The Morgan fingerprint density at radius 2 is 2.38 bits per heavy atom. The number of hydrazine groups is 1. The highest BCUT2D eigenvalue weighted by Crippen LogP contribution is 2.13. The van der Waals surface area contributed by atoms with Crippen molar-refractivity contribution in [3.8, 4) is 0 Å². The van der Waals surface area contributed by atoms with E-state index >= 15 is 0 Å². The Morgan fingerprint density at radius 3 is 3.00 bits per heavy atom. The molecule has 0 unspecified atom stereocenters. The summed E-state index contributed by atoms with van der Waals surface area (Å²) in [7, 11) is 1.72. The molecule has 13 heavy (non-hydrogen) atoms. The van der Waals surface area contributed by atoms with Crippen molar-refractivity contribution < 1.29 is 4.79 Å². The monoisotopic (exact) mass is 182 g/mol. The van der Waals surface area contributed by atoms with Gasteiger partial charge in [0.15, 0.2) is 5.82 Å². The van der Waals surface area contributed by atoms with Crippen molar-refractivity contribution >= 4 is 17.5 Å². The SMILES string of the molecule is CNc1cncnc1NNC(N)=O. The minimum absolute atomic E-state index is 0.455. The number of hydrogen-bond acceptors (Lipinski definition) is 5. The average Bonchev–Trinajstić information content (AvgIpc) is 2.15. The van der Waals surface area contributed by atoms with Crippen LogP contribution in [0.3, 0.4) is 0 Å². The Labute approximate surface area is 74.7 Å². The summed E-state index contributed by atoms with van der Waals surface area (Å²) in [6.07, 6.45) is 2.92. The molecule has 0 fully saturated rings. The van der Waals surface area contributed by atoms with Crippen molar-refractivity contribution in [2.45, 2.75) is 0 Å². The first-order chi connectivity index (χ1) is 6.24. The van der Waals surface area contributed by atoms with Gasteiger partial charge in [-0.3, -0.25) is 10.9 Å². The topological polar surface area (TPSA) is 105 Å². The first kappa shape index (κ1) is 9.04. The first-order valence-electron chi connectivity index (χ1n) is 3.53. The molecule has 7 heteroatoms. The number of carbonyl (C=O) groups excluding carboxylic acids is 1. The zero-order valence-corrected chi connectivity index (χ0v) is 7.03. The molecule has 1 heterocycles. The minimum atomic E-state index is -0.680. The van der Waals surface area contributed by atoms with Crippen molar-refractivity contribution in [3.63, 3.8) is 0 Å². The van der Waals surface area contributed by atoms with Crippen LogP contribution in [-0.4, -0.2) is 23.0 Å². The van der Waals surface area contributed by atoms with E-state index in [4.69, 9.17) is 5.73 Å². The molecule has 1 rings (SSSR count). The lowest BCUT2D eigenvalue weighted by Gasteiger charge is -2.08. The van der Waals surface area contributed by atoms with E-state index in [2.05, 4.69) is 26.1 Å². The van der Waals surface area contributed by atoms with Gasteiger partial charge in [-0.25, -0.2) is 14.8 Å². The lowest BCUT2D eigenvalue weighted by molar-refractivity contribution is 0.250. The second-order valence-corrected chi connectivity index (χ2v) is 2.15. The number of carbonyl (C=O) groups is 1. The summed E-state index contributed by atoms with van der Waals surface area (Å²) in [4.78, 5) is 18.0. The zero-order valence-electron chi connectivity index (χ0n) is 7.03. The third kappa shape index (κ3) is 2.47. The number of nitrogens with one attached hydrogen (secondary N) is 3. The third-order valence-electron chi connectivity index (χ3n) is 1.29. The molecular formula is C6H10N6O. The fourth-order valence-electron chi connectivity index (χ4n) is 0.733. The molecule has 0 saturated carbocycles. The van der Waals surface area contributed by atoms with Crippen LogP contribution in [0, 0.1) is 0 Å². The third-order valence-corrected chi connectivity index (χ3v) is 1.29. The van der Waals surface area contributed by atoms with Crippen LogP contribution < -0.4 is 21.9 Å². The largest absolute Gasteiger partial charge is 0.384 e. The minimum Gasteiger partial charge on any atom is -0.384 e. The Balaban J connectivity index is 2.69. The summed E-state index contributed by atoms with van der Waals surface area (Å²) in [5.41, 5.74) is 10.2. The van der Waals surface area contributed by atoms with E-state index in [1.165, 1.54) is 6.33 Å². The van der Waals surface area contributed by atoms with Crippen LogP contribution in [0.15, 0.2) is 12.5 Å². The number of aromatic nitrogens is 2. The zero-order chi connectivity index (χ0) is 9.68. The number of primary amides is 1. The van der Waals surface area contributed by atoms with Crippen LogP contribution in [0.4, 0.5) is 16.3 Å². The maximum absolute atomic E-state index is 10.4.